The SMILES string of the molecule is C=CCN=C1SCC(c2ccccc2)N1Nc1nc(C)cc(C)n1. The Morgan fingerprint density at radius 2 is 2.00 bits per heavy atom. The van der Waals surface area contributed by atoms with Crippen molar-refractivity contribution in [3.8, 4) is 0 Å². The minimum atomic E-state index is 0.184. The van der Waals surface area contributed by atoms with Gasteiger partial charge >= 0.3 is 0 Å². The second-order valence-corrected chi connectivity index (χ2v) is 6.59. The molecule has 124 valence electrons. The van der Waals surface area contributed by atoms with Crippen LogP contribution in [0.25, 0.3) is 0 Å². The number of benzene rings is 1. The van der Waals surface area contributed by atoms with Crippen molar-refractivity contribution in [3.63, 3.8) is 0 Å². The van der Waals surface area contributed by atoms with Gasteiger partial charge < -0.3 is 0 Å². The number of anilines is 1. The van der Waals surface area contributed by atoms with Gasteiger partial charge in [-0.25, -0.2) is 9.97 Å². The average Bonchev–Trinajstić information content (AvgIpc) is 2.95. The Labute approximate surface area is 146 Å². The molecule has 5 nitrogen and oxygen atoms in total. The van der Waals surface area contributed by atoms with Gasteiger partial charge in [-0.15, -0.1) is 6.58 Å². The molecule has 1 aromatic heterocycles. The normalized spacial score (nSPS) is 18.8. The van der Waals surface area contributed by atoms with E-state index in [9.17, 15) is 0 Å². The highest BCUT2D eigenvalue weighted by molar-refractivity contribution is 8.14. The smallest absolute Gasteiger partial charge is 0.242 e. The van der Waals surface area contributed by atoms with Crippen LogP contribution in [-0.2, 0) is 0 Å². The molecule has 0 saturated carbocycles. The lowest BCUT2D eigenvalue weighted by molar-refractivity contribution is 0.416. The summed E-state index contributed by atoms with van der Waals surface area (Å²) < 4.78 is 0. The van der Waals surface area contributed by atoms with Gasteiger partial charge in [0, 0.05) is 17.1 Å². The number of hydrogen-bond donors (Lipinski definition) is 1. The summed E-state index contributed by atoms with van der Waals surface area (Å²) in [6.07, 6.45) is 1.80. The second kappa shape index (κ2) is 7.49. The Kier molecular flexibility index (Phi) is 5.15. The van der Waals surface area contributed by atoms with Gasteiger partial charge in [0.1, 0.15) is 0 Å². The molecule has 1 fully saturated rings. The first kappa shape index (κ1) is 16.5. The maximum Gasteiger partial charge on any atom is 0.242 e. The fourth-order valence-electron chi connectivity index (χ4n) is 2.63. The number of nitrogens with one attached hydrogen (secondary N) is 1. The molecule has 2 aromatic rings. The molecule has 0 bridgehead atoms. The number of amidine groups is 1. The number of aromatic nitrogens is 2. The summed E-state index contributed by atoms with van der Waals surface area (Å²) in [6.45, 7) is 8.29. The zero-order valence-electron chi connectivity index (χ0n) is 13.9. The third-order valence-electron chi connectivity index (χ3n) is 3.63. The summed E-state index contributed by atoms with van der Waals surface area (Å²) in [5, 5.41) is 3.00. The number of aryl methyl sites for hydroxylation is 2. The number of thioether (sulfide) groups is 1. The van der Waals surface area contributed by atoms with Crippen molar-refractivity contribution in [2.45, 2.75) is 19.9 Å². The van der Waals surface area contributed by atoms with Crippen molar-refractivity contribution in [1.82, 2.24) is 15.0 Å². The minimum Gasteiger partial charge on any atom is -0.263 e. The molecule has 0 radical (unpaired) electrons. The largest absolute Gasteiger partial charge is 0.263 e. The molecule has 1 N–H and O–H groups in total. The molecule has 6 heteroatoms. The fraction of sp³-hybridized carbons (Fsp3) is 0.278. The number of aliphatic imine (C=N–C) groups is 1. The topological polar surface area (TPSA) is 53.4 Å². The van der Waals surface area contributed by atoms with E-state index in [4.69, 9.17) is 0 Å². The number of rotatable bonds is 5. The molecule has 0 aliphatic carbocycles. The van der Waals surface area contributed by atoms with Gasteiger partial charge in [0.25, 0.3) is 0 Å². The second-order valence-electron chi connectivity index (χ2n) is 5.61. The van der Waals surface area contributed by atoms with Gasteiger partial charge in [-0.1, -0.05) is 48.2 Å². The third kappa shape index (κ3) is 3.76. The Balaban J connectivity index is 1.91. The quantitative estimate of drug-likeness (QED) is 0.841. The van der Waals surface area contributed by atoms with E-state index in [-0.39, 0.29) is 6.04 Å². The van der Waals surface area contributed by atoms with Crippen LogP contribution in [0, 0.1) is 13.8 Å². The van der Waals surface area contributed by atoms with Crippen molar-refractivity contribution in [2.24, 2.45) is 4.99 Å². The number of hydrazine groups is 1. The van der Waals surface area contributed by atoms with Crippen LogP contribution in [0.1, 0.15) is 23.0 Å². The first-order chi connectivity index (χ1) is 11.7. The third-order valence-corrected chi connectivity index (χ3v) is 4.70. The summed E-state index contributed by atoms with van der Waals surface area (Å²) in [7, 11) is 0. The highest BCUT2D eigenvalue weighted by Crippen LogP contribution is 2.35. The van der Waals surface area contributed by atoms with Crippen molar-refractivity contribution >= 4 is 22.9 Å². The van der Waals surface area contributed by atoms with Gasteiger partial charge in [-0.05, 0) is 25.5 Å². The van der Waals surface area contributed by atoms with E-state index >= 15 is 0 Å². The summed E-state index contributed by atoms with van der Waals surface area (Å²) >= 11 is 1.73. The zero-order chi connectivity index (χ0) is 16.9. The predicted octanol–water partition coefficient (Wildman–Crippen LogP) is 3.75. The maximum atomic E-state index is 4.61. The fourth-order valence-corrected chi connectivity index (χ4v) is 3.75. The van der Waals surface area contributed by atoms with Gasteiger partial charge in [0.2, 0.25) is 5.95 Å². The first-order valence-electron chi connectivity index (χ1n) is 7.88. The van der Waals surface area contributed by atoms with Crippen LogP contribution in [-0.4, -0.2) is 32.4 Å². The summed E-state index contributed by atoms with van der Waals surface area (Å²) in [4.78, 5) is 13.6. The van der Waals surface area contributed by atoms with Crippen LogP contribution < -0.4 is 5.43 Å². The van der Waals surface area contributed by atoms with E-state index in [0.717, 1.165) is 22.3 Å². The lowest BCUT2D eigenvalue weighted by Crippen LogP contribution is -2.34. The van der Waals surface area contributed by atoms with E-state index in [1.54, 1.807) is 17.8 Å². The van der Waals surface area contributed by atoms with Gasteiger partial charge in [-0.2, -0.15) is 0 Å². The molecule has 24 heavy (non-hydrogen) atoms. The molecule has 1 unspecified atom stereocenters. The molecule has 1 saturated heterocycles. The first-order valence-corrected chi connectivity index (χ1v) is 8.87. The molecule has 1 aliphatic heterocycles. The van der Waals surface area contributed by atoms with Crippen LogP contribution >= 0.6 is 11.8 Å². The summed E-state index contributed by atoms with van der Waals surface area (Å²) in [5.41, 5.74) is 6.48. The maximum absolute atomic E-state index is 4.61. The van der Waals surface area contributed by atoms with Gasteiger partial charge in [-0.3, -0.25) is 15.4 Å². The van der Waals surface area contributed by atoms with Crippen molar-refractivity contribution in [2.75, 3.05) is 17.7 Å². The number of nitrogens with zero attached hydrogens (tertiary/aromatic N) is 4. The van der Waals surface area contributed by atoms with Crippen LogP contribution in [0.3, 0.4) is 0 Å². The molecule has 0 amide bonds. The van der Waals surface area contributed by atoms with Crippen molar-refractivity contribution in [3.05, 3.63) is 66.0 Å². The van der Waals surface area contributed by atoms with E-state index in [0.29, 0.717) is 12.5 Å². The lowest BCUT2D eigenvalue weighted by atomic mass is 10.1. The zero-order valence-corrected chi connectivity index (χ0v) is 14.8. The van der Waals surface area contributed by atoms with E-state index in [1.807, 2.05) is 26.0 Å². The van der Waals surface area contributed by atoms with Crippen LogP contribution in [0.5, 0.6) is 0 Å². The average molecular weight is 339 g/mol. The lowest BCUT2D eigenvalue weighted by Gasteiger charge is -2.26. The van der Waals surface area contributed by atoms with Crippen LogP contribution in [0.2, 0.25) is 0 Å². The molecular weight excluding hydrogens is 318 g/mol. The van der Waals surface area contributed by atoms with Gasteiger partial charge in [0.05, 0.1) is 12.6 Å². The number of hydrogen-bond acceptors (Lipinski definition) is 5. The summed E-state index contributed by atoms with van der Waals surface area (Å²) in [6, 6.07) is 12.6. The monoisotopic (exact) mass is 339 g/mol. The van der Waals surface area contributed by atoms with Crippen LogP contribution in [0.4, 0.5) is 5.95 Å². The minimum absolute atomic E-state index is 0.184. The van der Waals surface area contributed by atoms with E-state index in [2.05, 4.69) is 56.2 Å². The Morgan fingerprint density at radius 3 is 2.67 bits per heavy atom. The molecule has 2 heterocycles. The van der Waals surface area contributed by atoms with E-state index < -0.39 is 0 Å². The summed E-state index contributed by atoms with van der Waals surface area (Å²) in [5.74, 6) is 1.53. The van der Waals surface area contributed by atoms with Crippen molar-refractivity contribution < 1.29 is 0 Å². The molecule has 0 spiro atoms. The standard InChI is InChI=1S/C18H21N5S/c1-4-10-19-18-23(22-17-20-13(2)11-14(3)21-17)16(12-24-18)15-8-6-5-7-9-15/h4-9,11,16H,1,10,12H2,2-3H3,(H,20,21,22). The Bertz CT molecular complexity index is 724. The predicted molar refractivity (Wildman–Crippen MR) is 101 cm³/mol. The molecule has 1 atom stereocenters. The molecule has 3 rings (SSSR count). The Morgan fingerprint density at radius 1 is 1.29 bits per heavy atom. The van der Waals surface area contributed by atoms with Crippen molar-refractivity contribution in [1.29, 1.82) is 0 Å². The molecular formula is C18H21N5S. The Hall–Kier alpha value is -2.34. The van der Waals surface area contributed by atoms with Gasteiger partial charge in [0.15, 0.2) is 5.17 Å². The van der Waals surface area contributed by atoms with E-state index in [1.165, 1.54) is 5.56 Å². The highest BCUT2D eigenvalue weighted by Gasteiger charge is 2.32. The molecule has 1 aromatic carbocycles. The highest BCUT2D eigenvalue weighted by atomic mass is 32.2. The van der Waals surface area contributed by atoms with Crippen LogP contribution in [0.15, 0.2) is 54.0 Å². The molecule has 1 aliphatic rings.